The van der Waals surface area contributed by atoms with E-state index in [1.165, 1.54) is 31.4 Å². The van der Waals surface area contributed by atoms with Crippen molar-refractivity contribution in [1.82, 2.24) is 10.2 Å². The van der Waals surface area contributed by atoms with Gasteiger partial charge in [0.05, 0.1) is 5.92 Å². The summed E-state index contributed by atoms with van der Waals surface area (Å²) in [5, 5.41) is 3.26. The number of carbonyl (C=O) groups is 2. The Morgan fingerprint density at radius 1 is 1.14 bits per heavy atom. The first-order valence-corrected chi connectivity index (χ1v) is 10.5. The van der Waals surface area contributed by atoms with Crippen molar-refractivity contribution in [2.45, 2.75) is 51.0 Å². The maximum atomic E-state index is 13.6. The molecule has 2 saturated heterocycles. The van der Waals surface area contributed by atoms with Gasteiger partial charge in [0, 0.05) is 43.3 Å². The Bertz CT molecular complexity index is 726. The Kier molecular flexibility index (Phi) is 5.67. The molecule has 1 aromatic rings. The molecule has 1 saturated carbocycles. The van der Waals surface area contributed by atoms with Gasteiger partial charge in [0.1, 0.15) is 5.82 Å². The number of likely N-dealkylation sites (tertiary alicyclic amines) is 1. The van der Waals surface area contributed by atoms with Gasteiger partial charge in [-0.2, -0.15) is 0 Å². The minimum absolute atomic E-state index is 0.0725. The van der Waals surface area contributed by atoms with Gasteiger partial charge in [0.2, 0.25) is 5.91 Å². The van der Waals surface area contributed by atoms with Crippen LogP contribution in [0.4, 0.5) is 4.39 Å². The third-order valence-electron chi connectivity index (χ3n) is 6.76. The van der Waals surface area contributed by atoms with Crippen LogP contribution in [0.2, 0.25) is 0 Å². The van der Waals surface area contributed by atoms with E-state index in [1.807, 2.05) is 0 Å². The van der Waals surface area contributed by atoms with Crippen molar-refractivity contribution >= 4 is 11.8 Å². The molecule has 1 unspecified atom stereocenters. The molecule has 1 aliphatic carbocycles. The quantitative estimate of drug-likeness (QED) is 0.865. The van der Waals surface area contributed by atoms with Crippen LogP contribution in [0.1, 0.15) is 55.3 Å². The number of hydrogen-bond donors (Lipinski definition) is 1. The van der Waals surface area contributed by atoms with Gasteiger partial charge in [-0.15, -0.1) is 0 Å². The first kappa shape index (κ1) is 19.4. The molecule has 2 aliphatic heterocycles. The van der Waals surface area contributed by atoms with Gasteiger partial charge >= 0.3 is 0 Å². The lowest BCUT2D eigenvalue weighted by molar-refractivity contribution is -0.130. The molecule has 1 aromatic carbocycles. The lowest BCUT2D eigenvalue weighted by atomic mass is 9.71. The summed E-state index contributed by atoms with van der Waals surface area (Å²) in [6.45, 7) is 2.17. The predicted octanol–water partition coefficient (Wildman–Crippen LogP) is 3.14. The van der Waals surface area contributed by atoms with Gasteiger partial charge in [-0.3, -0.25) is 9.59 Å². The van der Waals surface area contributed by atoms with E-state index in [1.54, 1.807) is 17.0 Å². The van der Waals surface area contributed by atoms with E-state index in [0.29, 0.717) is 31.9 Å². The van der Waals surface area contributed by atoms with Crippen molar-refractivity contribution in [2.24, 2.45) is 11.3 Å². The average molecular weight is 388 g/mol. The van der Waals surface area contributed by atoms with Crippen molar-refractivity contribution in [3.63, 3.8) is 0 Å². The number of nitrogens with zero attached hydrogens (tertiary/aromatic N) is 1. The number of ether oxygens (including phenoxy) is 1. The standard InChI is InChI=1S/C22H29FN2O3/c23-17-6-4-5-16(13-17)21(27)25-14-19(22(15-25)9-11-28-12-10-22)20(26)24-18-7-2-1-3-8-18/h4-6,13,18-19H,1-3,7-12,14-15H2,(H,24,26). The normalized spacial score (nSPS) is 25.0. The fourth-order valence-electron chi connectivity index (χ4n) is 5.12. The number of halogens is 1. The Morgan fingerprint density at radius 2 is 1.89 bits per heavy atom. The van der Waals surface area contributed by atoms with Gasteiger partial charge in [-0.1, -0.05) is 25.3 Å². The zero-order chi connectivity index (χ0) is 19.6. The summed E-state index contributed by atoms with van der Waals surface area (Å²) < 4.78 is 19.1. The predicted molar refractivity (Wildman–Crippen MR) is 103 cm³/mol. The fourth-order valence-corrected chi connectivity index (χ4v) is 5.12. The van der Waals surface area contributed by atoms with Crippen molar-refractivity contribution in [3.05, 3.63) is 35.6 Å². The lowest BCUT2D eigenvalue weighted by Crippen LogP contribution is -2.47. The second-order valence-electron chi connectivity index (χ2n) is 8.57. The molecule has 0 bridgehead atoms. The molecule has 1 N–H and O–H groups in total. The van der Waals surface area contributed by atoms with E-state index in [2.05, 4.69) is 5.32 Å². The molecule has 4 rings (SSSR count). The lowest BCUT2D eigenvalue weighted by Gasteiger charge is -2.37. The topological polar surface area (TPSA) is 58.6 Å². The minimum Gasteiger partial charge on any atom is -0.381 e. The van der Waals surface area contributed by atoms with Crippen LogP contribution in [-0.4, -0.2) is 49.1 Å². The van der Waals surface area contributed by atoms with Crippen molar-refractivity contribution in [2.75, 3.05) is 26.3 Å². The van der Waals surface area contributed by atoms with E-state index >= 15 is 0 Å². The van der Waals surface area contributed by atoms with Gasteiger partial charge in [-0.05, 0) is 43.9 Å². The van der Waals surface area contributed by atoms with E-state index in [4.69, 9.17) is 4.74 Å². The van der Waals surface area contributed by atoms with Crippen molar-refractivity contribution in [1.29, 1.82) is 0 Å². The molecule has 0 radical (unpaired) electrons. The molecule has 3 fully saturated rings. The van der Waals surface area contributed by atoms with Crippen LogP contribution in [0, 0.1) is 17.2 Å². The molecule has 1 atom stereocenters. The highest BCUT2D eigenvalue weighted by molar-refractivity contribution is 5.95. The Balaban J connectivity index is 1.52. The summed E-state index contributed by atoms with van der Waals surface area (Å²) in [5.41, 5.74) is 0.107. The third kappa shape index (κ3) is 3.93. The SMILES string of the molecule is O=C(NC1CCCCC1)C1CN(C(=O)c2cccc(F)c2)CC12CCOCC2. The maximum Gasteiger partial charge on any atom is 0.253 e. The second-order valence-corrected chi connectivity index (χ2v) is 8.57. The van der Waals surface area contributed by atoms with Crippen molar-refractivity contribution < 1.29 is 18.7 Å². The molecule has 1 spiro atoms. The maximum absolute atomic E-state index is 13.6. The Morgan fingerprint density at radius 3 is 2.61 bits per heavy atom. The summed E-state index contributed by atoms with van der Waals surface area (Å²) in [7, 11) is 0. The molecule has 0 aromatic heterocycles. The molecule has 2 heterocycles. The average Bonchev–Trinajstić information content (AvgIpc) is 3.07. The zero-order valence-corrected chi connectivity index (χ0v) is 16.3. The summed E-state index contributed by atoms with van der Waals surface area (Å²) in [6.07, 6.45) is 7.22. The van der Waals surface area contributed by atoms with Gasteiger partial charge in [0.25, 0.3) is 5.91 Å². The molecule has 2 amide bonds. The molecule has 5 nitrogen and oxygen atoms in total. The first-order chi connectivity index (χ1) is 13.6. The number of rotatable bonds is 3. The summed E-state index contributed by atoms with van der Waals surface area (Å²) in [4.78, 5) is 27.9. The first-order valence-electron chi connectivity index (χ1n) is 10.5. The van der Waals surface area contributed by atoms with Gasteiger partial charge in [-0.25, -0.2) is 4.39 Å². The van der Waals surface area contributed by atoms with Crippen LogP contribution in [-0.2, 0) is 9.53 Å². The minimum atomic E-state index is -0.419. The van der Waals surface area contributed by atoms with E-state index < -0.39 is 5.82 Å². The molecule has 3 aliphatic rings. The monoisotopic (exact) mass is 388 g/mol. The fraction of sp³-hybridized carbons (Fsp3) is 0.636. The summed E-state index contributed by atoms with van der Waals surface area (Å²) in [6, 6.07) is 6.05. The number of hydrogen-bond acceptors (Lipinski definition) is 3. The summed E-state index contributed by atoms with van der Waals surface area (Å²) >= 11 is 0. The van der Waals surface area contributed by atoms with Crippen LogP contribution in [0.5, 0.6) is 0 Å². The van der Waals surface area contributed by atoms with Gasteiger partial charge in [0.15, 0.2) is 0 Å². The van der Waals surface area contributed by atoms with Crippen LogP contribution in [0.25, 0.3) is 0 Å². The van der Waals surface area contributed by atoms with E-state index in [0.717, 1.165) is 25.7 Å². The highest BCUT2D eigenvalue weighted by atomic mass is 19.1. The highest BCUT2D eigenvalue weighted by Gasteiger charge is 2.52. The molecular weight excluding hydrogens is 359 g/mol. The molecular formula is C22H29FN2O3. The largest absolute Gasteiger partial charge is 0.381 e. The summed E-state index contributed by atoms with van der Waals surface area (Å²) in [5.74, 6) is -0.769. The Hall–Kier alpha value is -1.95. The van der Waals surface area contributed by atoms with E-state index in [9.17, 15) is 14.0 Å². The van der Waals surface area contributed by atoms with Crippen LogP contribution in [0.15, 0.2) is 24.3 Å². The highest BCUT2D eigenvalue weighted by Crippen LogP contribution is 2.45. The van der Waals surface area contributed by atoms with Crippen LogP contribution in [0.3, 0.4) is 0 Å². The van der Waals surface area contributed by atoms with Crippen LogP contribution < -0.4 is 5.32 Å². The smallest absolute Gasteiger partial charge is 0.253 e. The third-order valence-corrected chi connectivity index (χ3v) is 6.76. The molecule has 152 valence electrons. The molecule has 28 heavy (non-hydrogen) atoms. The number of carbonyl (C=O) groups excluding carboxylic acids is 2. The van der Waals surface area contributed by atoms with Gasteiger partial charge < -0.3 is 15.0 Å². The number of amides is 2. The van der Waals surface area contributed by atoms with E-state index in [-0.39, 0.29) is 29.2 Å². The zero-order valence-electron chi connectivity index (χ0n) is 16.3. The molecule has 6 heteroatoms. The van der Waals surface area contributed by atoms with Crippen LogP contribution >= 0.6 is 0 Å². The number of benzene rings is 1. The second kappa shape index (κ2) is 8.19. The number of nitrogens with one attached hydrogen (secondary N) is 1. The van der Waals surface area contributed by atoms with Crippen molar-refractivity contribution in [3.8, 4) is 0 Å². The Labute approximate surface area is 165 Å².